The first kappa shape index (κ1) is 25.4. The summed E-state index contributed by atoms with van der Waals surface area (Å²) in [4.78, 5) is 27.5. The van der Waals surface area contributed by atoms with Crippen LogP contribution in [0.25, 0.3) is 0 Å². The minimum Gasteiger partial charge on any atom is -0.457 e. The molecule has 3 aromatic carbocycles. The molecule has 7 heteroatoms. The Kier molecular flexibility index (Phi) is 7.11. The number of nitrogens with two attached hydrogens (primary N) is 1. The number of amides is 1. The number of esters is 1. The van der Waals surface area contributed by atoms with E-state index in [2.05, 4.69) is 20.8 Å². The zero-order chi connectivity index (χ0) is 26.0. The molecule has 0 aromatic heterocycles. The van der Waals surface area contributed by atoms with Crippen LogP contribution in [0.15, 0.2) is 60.7 Å². The summed E-state index contributed by atoms with van der Waals surface area (Å²) in [5.41, 5.74) is 9.70. The number of ether oxygens (including phenoxy) is 1. The number of carbonyl (C=O) groups excluding carboxylic acids is 2. The summed E-state index contributed by atoms with van der Waals surface area (Å²) >= 11 is 0. The number of nitrogens with zero attached hydrogens (tertiary/aromatic N) is 1. The van der Waals surface area contributed by atoms with Gasteiger partial charge in [0.15, 0.2) is 11.6 Å². The average molecular weight is 493 g/mol. The summed E-state index contributed by atoms with van der Waals surface area (Å²) < 4.78 is 33.2. The van der Waals surface area contributed by atoms with Crippen LogP contribution in [0.5, 0.6) is 0 Å². The lowest BCUT2D eigenvalue weighted by Gasteiger charge is -2.37. The fourth-order valence-electron chi connectivity index (χ4n) is 4.61. The third-order valence-electron chi connectivity index (χ3n) is 6.50. The summed E-state index contributed by atoms with van der Waals surface area (Å²) in [5.74, 6) is -3.34. The Morgan fingerprint density at radius 1 is 1.03 bits per heavy atom. The Bertz CT molecular complexity index is 1280. The number of rotatable bonds is 6. The van der Waals surface area contributed by atoms with Gasteiger partial charge in [-0.1, -0.05) is 63.2 Å². The van der Waals surface area contributed by atoms with Gasteiger partial charge in [0.1, 0.15) is 12.6 Å². The number of para-hydroxylation sites is 1. The molecule has 188 valence electrons. The predicted molar refractivity (Wildman–Crippen MR) is 135 cm³/mol. The molecule has 1 atom stereocenters. The maximum Gasteiger partial charge on any atom is 0.340 e. The Morgan fingerprint density at radius 2 is 1.75 bits per heavy atom. The van der Waals surface area contributed by atoms with E-state index in [-0.39, 0.29) is 17.6 Å². The fraction of sp³-hybridized carbons (Fsp3) is 0.310. The van der Waals surface area contributed by atoms with Gasteiger partial charge in [0.25, 0.3) is 0 Å². The molecule has 1 unspecified atom stereocenters. The van der Waals surface area contributed by atoms with Crippen LogP contribution in [-0.2, 0) is 28.0 Å². The van der Waals surface area contributed by atoms with Crippen molar-refractivity contribution in [1.82, 2.24) is 0 Å². The molecule has 0 bridgehead atoms. The van der Waals surface area contributed by atoms with Crippen LogP contribution in [0.4, 0.5) is 14.5 Å². The van der Waals surface area contributed by atoms with E-state index in [1.54, 1.807) is 17.0 Å². The second kappa shape index (κ2) is 10.1. The molecule has 1 amide bonds. The van der Waals surface area contributed by atoms with Crippen molar-refractivity contribution in [3.8, 4) is 0 Å². The number of hydrogen-bond donors (Lipinski definition) is 1. The van der Waals surface area contributed by atoms with Crippen LogP contribution in [0.1, 0.15) is 65.8 Å². The molecule has 0 aliphatic carbocycles. The monoisotopic (exact) mass is 492 g/mol. The van der Waals surface area contributed by atoms with E-state index >= 15 is 0 Å². The van der Waals surface area contributed by atoms with Crippen LogP contribution in [0, 0.1) is 11.6 Å². The topological polar surface area (TPSA) is 72.6 Å². The van der Waals surface area contributed by atoms with Crippen LogP contribution in [0.2, 0.25) is 0 Å². The first-order chi connectivity index (χ1) is 17.1. The second-order valence-corrected chi connectivity index (χ2v) is 10.1. The zero-order valence-corrected chi connectivity index (χ0v) is 20.7. The highest BCUT2D eigenvalue weighted by atomic mass is 19.2. The number of benzene rings is 3. The van der Waals surface area contributed by atoms with E-state index in [0.29, 0.717) is 30.6 Å². The van der Waals surface area contributed by atoms with Gasteiger partial charge in [-0.25, -0.2) is 13.6 Å². The number of primary amides is 1. The smallest absolute Gasteiger partial charge is 0.340 e. The standard InChI is InChI=1S/C29H30F2N2O3/c1-29(2,3)21-12-9-18(10-13-21)17-36-28(35)22-8-4-6-19-7-5-15-33(25(19)22)26(27(32)34)20-11-14-23(30)24(31)16-20/h4,6,8-14,16,26H,5,7,15,17H2,1-3H3,(H2,32,34). The zero-order valence-electron chi connectivity index (χ0n) is 20.7. The average Bonchev–Trinajstić information content (AvgIpc) is 2.84. The molecule has 0 saturated carbocycles. The summed E-state index contributed by atoms with van der Waals surface area (Å²) in [6, 6.07) is 15.4. The van der Waals surface area contributed by atoms with Crippen LogP contribution < -0.4 is 10.6 Å². The van der Waals surface area contributed by atoms with Gasteiger partial charge in [-0.2, -0.15) is 0 Å². The fourth-order valence-corrected chi connectivity index (χ4v) is 4.61. The molecule has 0 spiro atoms. The molecule has 1 aliphatic rings. The molecule has 2 N–H and O–H groups in total. The lowest BCUT2D eigenvalue weighted by atomic mass is 9.87. The van der Waals surface area contributed by atoms with Crippen molar-refractivity contribution in [2.24, 2.45) is 5.73 Å². The van der Waals surface area contributed by atoms with E-state index in [1.165, 1.54) is 11.6 Å². The van der Waals surface area contributed by atoms with Gasteiger partial charge in [-0.05, 0) is 58.7 Å². The Balaban J connectivity index is 1.63. The van der Waals surface area contributed by atoms with Crippen molar-refractivity contribution < 1.29 is 23.1 Å². The maximum absolute atomic E-state index is 14.0. The summed E-state index contributed by atoms with van der Waals surface area (Å²) in [6.45, 7) is 6.90. The normalized spacial score (nSPS) is 14.2. The first-order valence-corrected chi connectivity index (χ1v) is 12.0. The molecule has 3 aromatic rings. The van der Waals surface area contributed by atoms with Crippen LogP contribution in [-0.4, -0.2) is 18.4 Å². The van der Waals surface area contributed by atoms with Gasteiger partial charge in [0.2, 0.25) is 5.91 Å². The number of fused-ring (bicyclic) bond motifs is 1. The summed E-state index contributed by atoms with van der Waals surface area (Å²) in [6.07, 6.45) is 1.41. The lowest BCUT2D eigenvalue weighted by molar-refractivity contribution is -0.119. The first-order valence-electron chi connectivity index (χ1n) is 12.0. The summed E-state index contributed by atoms with van der Waals surface area (Å²) in [5, 5.41) is 0. The highest BCUT2D eigenvalue weighted by Crippen LogP contribution is 2.37. The van der Waals surface area contributed by atoms with Crippen molar-refractivity contribution in [1.29, 1.82) is 0 Å². The van der Waals surface area contributed by atoms with Crippen molar-refractivity contribution in [3.63, 3.8) is 0 Å². The van der Waals surface area contributed by atoms with Crippen molar-refractivity contribution in [3.05, 3.63) is 100 Å². The number of carbonyl (C=O) groups is 2. The van der Waals surface area contributed by atoms with Gasteiger partial charge in [0.05, 0.1) is 11.3 Å². The van der Waals surface area contributed by atoms with Crippen LogP contribution in [0.3, 0.4) is 0 Å². The summed E-state index contributed by atoms with van der Waals surface area (Å²) in [7, 11) is 0. The molecular weight excluding hydrogens is 462 g/mol. The minimum absolute atomic E-state index is 0.0200. The number of anilines is 1. The molecule has 36 heavy (non-hydrogen) atoms. The highest BCUT2D eigenvalue weighted by Gasteiger charge is 2.33. The minimum atomic E-state index is -1.07. The van der Waals surface area contributed by atoms with Crippen LogP contribution >= 0.6 is 0 Å². The van der Waals surface area contributed by atoms with E-state index < -0.39 is 29.6 Å². The second-order valence-electron chi connectivity index (χ2n) is 10.1. The molecule has 0 radical (unpaired) electrons. The van der Waals surface area contributed by atoms with E-state index in [9.17, 15) is 18.4 Å². The number of halogens is 2. The van der Waals surface area contributed by atoms with E-state index in [0.717, 1.165) is 23.3 Å². The highest BCUT2D eigenvalue weighted by molar-refractivity contribution is 5.98. The molecule has 1 aliphatic heterocycles. The molecule has 1 heterocycles. The number of hydrogen-bond acceptors (Lipinski definition) is 4. The largest absolute Gasteiger partial charge is 0.457 e. The van der Waals surface area contributed by atoms with E-state index in [4.69, 9.17) is 10.5 Å². The third kappa shape index (κ3) is 5.25. The SMILES string of the molecule is CC(C)(C)c1ccc(COC(=O)c2cccc3c2N(C(C(N)=O)c2ccc(F)c(F)c2)CCC3)cc1. The van der Waals surface area contributed by atoms with Crippen molar-refractivity contribution in [2.75, 3.05) is 11.4 Å². The molecule has 4 rings (SSSR count). The van der Waals surface area contributed by atoms with Gasteiger partial charge in [-0.15, -0.1) is 0 Å². The lowest BCUT2D eigenvalue weighted by Crippen LogP contribution is -2.41. The molecular formula is C29H30F2N2O3. The van der Waals surface area contributed by atoms with E-state index in [1.807, 2.05) is 30.3 Å². The number of aryl methyl sites for hydroxylation is 1. The predicted octanol–water partition coefficient (Wildman–Crippen LogP) is 5.60. The quantitative estimate of drug-likeness (QED) is 0.455. The maximum atomic E-state index is 14.0. The van der Waals surface area contributed by atoms with Gasteiger partial charge in [0, 0.05) is 6.54 Å². The van der Waals surface area contributed by atoms with Crippen molar-refractivity contribution in [2.45, 2.75) is 51.7 Å². The van der Waals surface area contributed by atoms with Crippen molar-refractivity contribution >= 4 is 17.6 Å². The van der Waals surface area contributed by atoms with Gasteiger partial charge in [-0.3, -0.25) is 4.79 Å². The molecule has 0 saturated heterocycles. The molecule has 0 fully saturated rings. The Morgan fingerprint density at radius 3 is 2.39 bits per heavy atom. The van der Waals surface area contributed by atoms with Gasteiger partial charge < -0.3 is 15.4 Å². The van der Waals surface area contributed by atoms with Gasteiger partial charge >= 0.3 is 5.97 Å². The Hall–Kier alpha value is -3.74. The Labute approximate surface area is 209 Å². The molecule has 5 nitrogen and oxygen atoms in total. The third-order valence-corrected chi connectivity index (χ3v) is 6.50.